The molecule has 0 aromatic heterocycles. The highest BCUT2D eigenvalue weighted by Gasteiger charge is 2.20. The van der Waals surface area contributed by atoms with Crippen molar-refractivity contribution < 1.29 is 9.90 Å². The Bertz CT molecular complexity index is 201. The second-order valence-corrected chi connectivity index (χ2v) is 4.67. The molecule has 0 unspecified atom stereocenters. The zero-order valence-corrected chi connectivity index (χ0v) is 9.03. The number of hydrogen-bond acceptors (Lipinski definition) is 2. The Morgan fingerprint density at radius 3 is 2.08 bits per heavy atom. The van der Waals surface area contributed by atoms with Gasteiger partial charge in [-0.15, -0.1) is 0 Å². The van der Waals surface area contributed by atoms with E-state index in [0.29, 0.717) is 0 Å². The number of aliphatic imine (C=N–C) groups is 1. The molecular weight excluding hydrogens is 166 g/mol. The van der Waals surface area contributed by atoms with Gasteiger partial charge in [-0.3, -0.25) is 4.99 Å². The van der Waals surface area contributed by atoms with Crippen molar-refractivity contribution >= 4 is 12.2 Å². The number of rotatable bonds is 3. The Morgan fingerprint density at radius 2 is 1.85 bits per heavy atom. The largest absolute Gasteiger partial charge is 0.480 e. The maximum Gasteiger partial charge on any atom is 0.328 e. The molecule has 0 aliphatic heterocycles. The minimum Gasteiger partial charge on any atom is -0.480 e. The summed E-state index contributed by atoms with van der Waals surface area (Å²) in [4.78, 5) is 14.8. The third-order valence-electron chi connectivity index (χ3n) is 1.51. The zero-order chi connectivity index (χ0) is 10.6. The molecule has 0 saturated heterocycles. The second-order valence-electron chi connectivity index (χ2n) is 4.67. The van der Waals surface area contributed by atoms with E-state index in [2.05, 4.69) is 4.99 Å². The first-order valence-electron chi connectivity index (χ1n) is 4.51. The van der Waals surface area contributed by atoms with Crippen molar-refractivity contribution in [2.45, 2.75) is 40.7 Å². The lowest BCUT2D eigenvalue weighted by Crippen LogP contribution is -2.25. The molecule has 0 aliphatic rings. The first kappa shape index (κ1) is 12.1. The Morgan fingerprint density at radius 1 is 1.38 bits per heavy atom. The van der Waals surface area contributed by atoms with Gasteiger partial charge in [-0.2, -0.15) is 0 Å². The Labute approximate surface area is 79.9 Å². The van der Waals surface area contributed by atoms with E-state index in [-0.39, 0.29) is 11.3 Å². The Balaban J connectivity index is 4.44. The van der Waals surface area contributed by atoms with E-state index >= 15 is 0 Å². The molecule has 1 atom stereocenters. The molecule has 0 heterocycles. The van der Waals surface area contributed by atoms with Crippen LogP contribution in [0.5, 0.6) is 0 Å². The number of carboxylic acid groups (broad SMARTS) is 1. The van der Waals surface area contributed by atoms with E-state index in [1.807, 2.05) is 34.6 Å². The molecule has 1 N–H and O–H groups in total. The van der Waals surface area contributed by atoms with Gasteiger partial charge >= 0.3 is 5.97 Å². The minimum atomic E-state index is -0.851. The topological polar surface area (TPSA) is 49.7 Å². The number of hydrogen-bond donors (Lipinski definition) is 1. The van der Waals surface area contributed by atoms with Gasteiger partial charge in [0.05, 0.1) is 0 Å². The summed E-state index contributed by atoms with van der Waals surface area (Å²) in [5, 5.41) is 8.83. The smallest absolute Gasteiger partial charge is 0.328 e. The molecule has 0 bridgehead atoms. The number of carboxylic acids is 1. The fourth-order valence-electron chi connectivity index (χ4n) is 0.825. The van der Waals surface area contributed by atoms with Gasteiger partial charge in [0.25, 0.3) is 0 Å². The molecule has 0 aromatic rings. The lowest BCUT2D eigenvalue weighted by Gasteiger charge is -2.15. The number of nitrogens with zero attached hydrogens (tertiary/aromatic N) is 1. The van der Waals surface area contributed by atoms with Crippen LogP contribution >= 0.6 is 0 Å². The van der Waals surface area contributed by atoms with Crippen LogP contribution in [0, 0.1) is 11.3 Å². The van der Waals surface area contributed by atoms with Crippen molar-refractivity contribution in [2.24, 2.45) is 16.3 Å². The van der Waals surface area contributed by atoms with E-state index < -0.39 is 12.0 Å². The van der Waals surface area contributed by atoms with Gasteiger partial charge in [0, 0.05) is 6.21 Å². The summed E-state index contributed by atoms with van der Waals surface area (Å²) in [6, 6.07) is -0.612. The first-order chi connectivity index (χ1) is 5.74. The third-order valence-corrected chi connectivity index (χ3v) is 1.51. The average Bonchev–Trinajstić information content (AvgIpc) is 1.82. The summed E-state index contributed by atoms with van der Waals surface area (Å²) in [6.45, 7) is 9.71. The molecule has 0 aliphatic carbocycles. The van der Waals surface area contributed by atoms with E-state index in [0.717, 1.165) is 0 Å². The summed E-state index contributed by atoms with van der Waals surface area (Å²) >= 11 is 0. The van der Waals surface area contributed by atoms with Crippen LogP contribution in [-0.2, 0) is 4.79 Å². The second kappa shape index (κ2) is 4.40. The lowest BCUT2D eigenvalue weighted by atomic mass is 9.98. The Kier molecular flexibility index (Phi) is 4.11. The molecule has 0 radical (unpaired) electrons. The predicted octanol–water partition coefficient (Wildman–Crippen LogP) is 2.21. The minimum absolute atomic E-state index is 0.0381. The standard InChI is InChI=1S/C10H19NO2/c1-7(2)8(9(12)13)11-6-10(3,4)5/h6-8H,1-5H3,(H,12,13)/t8-/m1/s1. The fraction of sp³-hybridized carbons (Fsp3) is 0.800. The van der Waals surface area contributed by atoms with Crippen LogP contribution in [0.3, 0.4) is 0 Å². The van der Waals surface area contributed by atoms with Crippen molar-refractivity contribution in [1.29, 1.82) is 0 Å². The van der Waals surface area contributed by atoms with Crippen LogP contribution in [0.4, 0.5) is 0 Å². The van der Waals surface area contributed by atoms with Gasteiger partial charge in [0.15, 0.2) is 0 Å². The maximum atomic E-state index is 10.7. The molecule has 0 amide bonds. The molecule has 13 heavy (non-hydrogen) atoms. The fourth-order valence-corrected chi connectivity index (χ4v) is 0.825. The number of aliphatic carboxylic acids is 1. The average molecular weight is 185 g/mol. The van der Waals surface area contributed by atoms with Crippen LogP contribution in [0.2, 0.25) is 0 Å². The molecule has 76 valence electrons. The summed E-state index contributed by atoms with van der Waals surface area (Å²) < 4.78 is 0. The quantitative estimate of drug-likeness (QED) is 0.685. The predicted molar refractivity (Wildman–Crippen MR) is 54.2 cm³/mol. The van der Waals surface area contributed by atoms with Crippen LogP contribution in [0.15, 0.2) is 4.99 Å². The van der Waals surface area contributed by atoms with Crippen molar-refractivity contribution in [2.75, 3.05) is 0 Å². The van der Waals surface area contributed by atoms with Gasteiger partial charge in [-0.25, -0.2) is 4.79 Å². The molecule has 0 rings (SSSR count). The van der Waals surface area contributed by atoms with Crippen LogP contribution in [0.1, 0.15) is 34.6 Å². The highest BCUT2D eigenvalue weighted by Crippen LogP contribution is 2.12. The molecule has 0 spiro atoms. The normalized spacial score (nSPS) is 15.2. The lowest BCUT2D eigenvalue weighted by molar-refractivity contribution is -0.139. The van der Waals surface area contributed by atoms with E-state index in [9.17, 15) is 4.79 Å². The monoisotopic (exact) mass is 185 g/mol. The van der Waals surface area contributed by atoms with Crippen LogP contribution in [-0.4, -0.2) is 23.3 Å². The molecule has 3 nitrogen and oxygen atoms in total. The van der Waals surface area contributed by atoms with Gasteiger partial charge < -0.3 is 5.11 Å². The molecule has 0 saturated carbocycles. The van der Waals surface area contributed by atoms with Crippen LogP contribution in [0.25, 0.3) is 0 Å². The molecular formula is C10H19NO2. The van der Waals surface area contributed by atoms with Gasteiger partial charge in [0.2, 0.25) is 0 Å². The van der Waals surface area contributed by atoms with Crippen LogP contribution < -0.4 is 0 Å². The van der Waals surface area contributed by atoms with Crippen molar-refractivity contribution in [3.8, 4) is 0 Å². The molecule has 0 aromatic carbocycles. The summed E-state index contributed by atoms with van der Waals surface area (Å²) in [6.07, 6.45) is 1.71. The van der Waals surface area contributed by atoms with Gasteiger partial charge in [-0.05, 0) is 11.3 Å². The van der Waals surface area contributed by atoms with E-state index in [4.69, 9.17) is 5.11 Å². The first-order valence-corrected chi connectivity index (χ1v) is 4.51. The van der Waals surface area contributed by atoms with Crippen molar-refractivity contribution in [3.63, 3.8) is 0 Å². The Hall–Kier alpha value is -0.860. The maximum absolute atomic E-state index is 10.7. The molecule has 0 fully saturated rings. The molecule has 3 heteroatoms. The van der Waals surface area contributed by atoms with Crippen molar-refractivity contribution in [1.82, 2.24) is 0 Å². The SMILES string of the molecule is CC(C)[C@@H](N=CC(C)(C)C)C(=O)O. The van der Waals surface area contributed by atoms with Gasteiger partial charge in [0.1, 0.15) is 6.04 Å². The third kappa shape index (κ3) is 5.39. The summed E-state index contributed by atoms with van der Waals surface area (Å²) in [5.41, 5.74) is -0.0530. The summed E-state index contributed by atoms with van der Waals surface area (Å²) in [5.74, 6) is -0.813. The van der Waals surface area contributed by atoms with Crippen molar-refractivity contribution in [3.05, 3.63) is 0 Å². The summed E-state index contributed by atoms with van der Waals surface area (Å²) in [7, 11) is 0. The van der Waals surface area contributed by atoms with Gasteiger partial charge in [-0.1, -0.05) is 34.6 Å². The number of carbonyl (C=O) groups is 1. The highest BCUT2D eigenvalue weighted by atomic mass is 16.4. The highest BCUT2D eigenvalue weighted by molar-refractivity contribution is 5.77. The van der Waals surface area contributed by atoms with E-state index in [1.165, 1.54) is 0 Å². The zero-order valence-electron chi connectivity index (χ0n) is 9.03. The van der Waals surface area contributed by atoms with E-state index in [1.54, 1.807) is 6.21 Å².